The number of benzene rings is 2. The third kappa shape index (κ3) is 3.76. The maximum Gasteiger partial charge on any atom is 0.332 e. The van der Waals surface area contributed by atoms with Gasteiger partial charge in [0.15, 0.2) is 5.52 Å². The predicted molar refractivity (Wildman–Crippen MR) is 122 cm³/mol. The zero-order valence-corrected chi connectivity index (χ0v) is 17.8. The van der Waals surface area contributed by atoms with Crippen molar-refractivity contribution >= 4 is 22.6 Å². The normalized spacial score (nSPS) is 11.7. The quantitative estimate of drug-likeness (QED) is 0.484. The van der Waals surface area contributed by atoms with Gasteiger partial charge in [0.25, 0.3) is 11.1 Å². The van der Waals surface area contributed by atoms with Gasteiger partial charge in [-0.05, 0) is 17.7 Å². The molecule has 1 N–H and O–H groups in total. The van der Waals surface area contributed by atoms with Crippen molar-refractivity contribution in [1.82, 2.24) is 19.1 Å². The second-order valence-corrected chi connectivity index (χ2v) is 7.19. The molecule has 0 fully saturated rings. The number of hydrogen-bond donors (Lipinski definition) is 1. The fourth-order valence-corrected chi connectivity index (χ4v) is 3.42. The molecule has 2 aromatic heterocycles. The standard InChI is InChI=1S/C23H21N5O4/c1-27-20-19(22(30)28(2)23(27)31)25-17(21(29)26-20)13-16(14-9-5-4-6-10-14)24-15-11-7-8-12-18(15)32-3/h4-12H,13H2,1-3H3,(H,26,29). The van der Waals surface area contributed by atoms with Crippen LogP contribution in [0.2, 0.25) is 0 Å². The minimum Gasteiger partial charge on any atom is -0.494 e. The van der Waals surface area contributed by atoms with E-state index in [1.54, 1.807) is 13.2 Å². The third-order valence-electron chi connectivity index (χ3n) is 5.16. The van der Waals surface area contributed by atoms with Crippen molar-refractivity contribution in [1.29, 1.82) is 0 Å². The van der Waals surface area contributed by atoms with E-state index in [1.165, 1.54) is 18.7 Å². The van der Waals surface area contributed by atoms with E-state index in [9.17, 15) is 14.4 Å². The maximum atomic E-state index is 12.8. The Morgan fingerprint density at radius 3 is 2.41 bits per heavy atom. The minimum absolute atomic E-state index is 0.00824. The van der Waals surface area contributed by atoms with Gasteiger partial charge in [-0.15, -0.1) is 0 Å². The van der Waals surface area contributed by atoms with E-state index in [4.69, 9.17) is 9.73 Å². The molecule has 4 rings (SSSR count). The lowest BCUT2D eigenvalue weighted by molar-refractivity contribution is 0.416. The summed E-state index contributed by atoms with van der Waals surface area (Å²) in [6.45, 7) is 0. The highest BCUT2D eigenvalue weighted by Crippen LogP contribution is 2.27. The van der Waals surface area contributed by atoms with Gasteiger partial charge >= 0.3 is 5.69 Å². The van der Waals surface area contributed by atoms with Crippen LogP contribution in [0.25, 0.3) is 11.2 Å². The highest BCUT2D eigenvalue weighted by Gasteiger charge is 2.16. The van der Waals surface area contributed by atoms with Crippen LogP contribution in [0.15, 0.2) is 74.0 Å². The summed E-state index contributed by atoms with van der Waals surface area (Å²) in [5.74, 6) is 0.588. The maximum absolute atomic E-state index is 12.8. The second-order valence-electron chi connectivity index (χ2n) is 7.19. The molecule has 0 aliphatic carbocycles. The summed E-state index contributed by atoms with van der Waals surface area (Å²) >= 11 is 0. The van der Waals surface area contributed by atoms with Gasteiger partial charge in [0.05, 0.1) is 12.8 Å². The molecule has 0 spiro atoms. The van der Waals surface area contributed by atoms with E-state index in [0.717, 1.165) is 10.1 Å². The summed E-state index contributed by atoms with van der Waals surface area (Å²) in [6.07, 6.45) is 0.0688. The van der Waals surface area contributed by atoms with Gasteiger partial charge in [-0.3, -0.25) is 18.7 Å². The van der Waals surface area contributed by atoms with Gasteiger partial charge in [-0.2, -0.15) is 0 Å². The number of aromatic nitrogens is 4. The lowest BCUT2D eigenvalue weighted by Gasteiger charge is -2.11. The molecule has 2 heterocycles. The molecule has 0 bridgehead atoms. The second kappa shape index (κ2) is 8.46. The fraction of sp³-hybridized carbons (Fsp3) is 0.174. The first-order chi connectivity index (χ1) is 15.4. The first kappa shape index (κ1) is 21.0. The van der Waals surface area contributed by atoms with Crippen LogP contribution < -0.4 is 21.5 Å². The van der Waals surface area contributed by atoms with Crippen LogP contribution >= 0.6 is 0 Å². The number of para-hydroxylation sites is 2. The van der Waals surface area contributed by atoms with Gasteiger partial charge in [0.2, 0.25) is 0 Å². The summed E-state index contributed by atoms with van der Waals surface area (Å²) in [4.78, 5) is 49.3. The number of H-pyrrole nitrogens is 1. The molecule has 0 radical (unpaired) electrons. The van der Waals surface area contributed by atoms with Crippen LogP contribution in [0, 0.1) is 0 Å². The first-order valence-electron chi connectivity index (χ1n) is 9.85. The van der Waals surface area contributed by atoms with Gasteiger partial charge < -0.3 is 9.72 Å². The van der Waals surface area contributed by atoms with Crippen LogP contribution in [-0.4, -0.2) is 31.9 Å². The number of ether oxygens (including phenoxy) is 1. The van der Waals surface area contributed by atoms with Crippen molar-refractivity contribution in [2.24, 2.45) is 19.1 Å². The Hall–Kier alpha value is -4.27. The Kier molecular flexibility index (Phi) is 5.55. The summed E-state index contributed by atoms with van der Waals surface area (Å²) in [5, 5.41) is 0. The molecule has 32 heavy (non-hydrogen) atoms. The Labute approximate surface area is 182 Å². The third-order valence-corrected chi connectivity index (χ3v) is 5.16. The van der Waals surface area contributed by atoms with Crippen LogP contribution in [0.4, 0.5) is 5.69 Å². The van der Waals surface area contributed by atoms with Crippen molar-refractivity contribution in [2.45, 2.75) is 6.42 Å². The monoisotopic (exact) mass is 431 g/mol. The van der Waals surface area contributed by atoms with Gasteiger partial charge in [-0.1, -0.05) is 42.5 Å². The molecule has 0 saturated heterocycles. The van der Waals surface area contributed by atoms with Crippen molar-refractivity contribution in [3.8, 4) is 5.75 Å². The number of nitrogens with zero attached hydrogens (tertiary/aromatic N) is 4. The molecule has 0 saturated carbocycles. The van der Waals surface area contributed by atoms with Crippen LogP contribution in [-0.2, 0) is 20.5 Å². The number of hydrogen-bond acceptors (Lipinski definition) is 6. The van der Waals surface area contributed by atoms with E-state index < -0.39 is 16.8 Å². The molecule has 9 heteroatoms. The Balaban J connectivity index is 1.91. The summed E-state index contributed by atoms with van der Waals surface area (Å²) in [6, 6.07) is 16.7. The first-order valence-corrected chi connectivity index (χ1v) is 9.85. The van der Waals surface area contributed by atoms with E-state index in [1.807, 2.05) is 48.5 Å². The number of aryl methyl sites for hydroxylation is 1. The van der Waals surface area contributed by atoms with Crippen molar-refractivity contribution in [3.63, 3.8) is 0 Å². The van der Waals surface area contributed by atoms with Gasteiger partial charge in [0.1, 0.15) is 22.8 Å². The Morgan fingerprint density at radius 2 is 1.69 bits per heavy atom. The summed E-state index contributed by atoms with van der Waals surface area (Å²) < 4.78 is 7.55. The Morgan fingerprint density at radius 1 is 1.00 bits per heavy atom. The average Bonchev–Trinajstić information content (AvgIpc) is 2.82. The Bertz CT molecular complexity index is 1510. The molecule has 162 valence electrons. The number of nitrogens with one attached hydrogen (secondary N) is 1. The van der Waals surface area contributed by atoms with E-state index >= 15 is 0 Å². The van der Waals surface area contributed by atoms with Gasteiger partial charge in [0, 0.05) is 20.5 Å². The molecule has 0 aliphatic heterocycles. The molecule has 0 aliphatic rings. The van der Waals surface area contributed by atoms with Crippen molar-refractivity contribution < 1.29 is 4.74 Å². The number of rotatable bonds is 5. The highest BCUT2D eigenvalue weighted by atomic mass is 16.5. The van der Waals surface area contributed by atoms with E-state index in [2.05, 4.69) is 9.97 Å². The SMILES string of the molecule is COc1ccccc1N=C(Cc1nc2c(=O)n(C)c(=O)n(C)c2[nH]c1=O)c1ccccc1. The molecule has 9 nitrogen and oxygen atoms in total. The topological polar surface area (TPSA) is 111 Å². The lowest BCUT2D eigenvalue weighted by atomic mass is 10.1. The molecule has 4 aromatic rings. The molecular weight excluding hydrogens is 410 g/mol. The molecule has 0 unspecified atom stereocenters. The van der Waals surface area contributed by atoms with Crippen molar-refractivity contribution in [2.75, 3.05) is 7.11 Å². The zero-order valence-electron chi connectivity index (χ0n) is 17.8. The fourth-order valence-electron chi connectivity index (χ4n) is 3.42. The number of methoxy groups -OCH3 is 1. The van der Waals surface area contributed by atoms with Crippen LogP contribution in [0.5, 0.6) is 5.75 Å². The highest BCUT2D eigenvalue weighted by molar-refractivity contribution is 6.03. The molecule has 2 aromatic carbocycles. The lowest BCUT2D eigenvalue weighted by Crippen LogP contribution is -2.39. The van der Waals surface area contributed by atoms with E-state index in [0.29, 0.717) is 17.1 Å². The molecule has 0 atom stereocenters. The van der Waals surface area contributed by atoms with Crippen LogP contribution in [0.1, 0.15) is 11.3 Å². The predicted octanol–water partition coefficient (Wildman–Crippen LogP) is 1.69. The zero-order chi connectivity index (χ0) is 22.8. The van der Waals surface area contributed by atoms with Crippen LogP contribution in [0.3, 0.4) is 0 Å². The average molecular weight is 431 g/mol. The minimum atomic E-state index is -0.580. The van der Waals surface area contributed by atoms with Gasteiger partial charge in [-0.25, -0.2) is 14.8 Å². The number of fused-ring (bicyclic) bond motifs is 1. The number of aliphatic imine (C=N–C) groups is 1. The van der Waals surface area contributed by atoms with Crippen molar-refractivity contribution in [3.05, 3.63) is 97.0 Å². The smallest absolute Gasteiger partial charge is 0.332 e. The molecular formula is C23H21N5O4. The van der Waals surface area contributed by atoms with E-state index in [-0.39, 0.29) is 23.3 Å². The summed E-state index contributed by atoms with van der Waals surface area (Å²) in [5.41, 5.74) is 0.560. The number of aromatic amines is 1. The molecule has 0 amide bonds. The largest absolute Gasteiger partial charge is 0.494 e. The summed E-state index contributed by atoms with van der Waals surface area (Å²) in [7, 11) is 4.40.